The second-order valence-corrected chi connectivity index (χ2v) is 5.32. The third kappa shape index (κ3) is 5.42. The molecule has 2 aromatic rings. The summed E-state index contributed by atoms with van der Waals surface area (Å²) in [7, 11) is 1.49. The largest absolute Gasteiger partial charge is 0.493 e. The van der Waals surface area contributed by atoms with Crippen molar-refractivity contribution in [3.63, 3.8) is 0 Å². The van der Waals surface area contributed by atoms with Gasteiger partial charge in [0.2, 0.25) is 0 Å². The summed E-state index contributed by atoms with van der Waals surface area (Å²) in [6.07, 6.45) is 4.22. The maximum atomic E-state index is 12.1. The van der Waals surface area contributed by atoms with Crippen LogP contribution >= 0.6 is 0 Å². The zero-order valence-corrected chi connectivity index (χ0v) is 14.2. The van der Waals surface area contributed by atoms with Gasteiger partial charge in [0.15, 0.2) is 11.5 Å². The Balaban J connectivity index is 1.95. The zero-order chi connectivity index (χ0) is 18.2. The molecule has 0 bridgehead atoms. The molecular weight excluding hydrogens is 324 g/mol. The number of carbonyl (C=O) groups excluding carboxylic acids is 2. The lowest BCUT2D eigenvalue weighted by Crippen LogP contribution is -2.40. The molecule has 0 aliphatic rings. The molecular formula is C18H20N2O5. The van der Waals surface area contributed by atoms with Gasteiger partial charge in [-0.2, -0.15) is 0 Å². The first kappa shape index (κ1) is 18.1. The van der Waals surface area contributed by atoms with Gasteiger partial charge in [-0.05, 0) is 50.3 Å². The maximum absolute atomic E-state index is 12.1. The highest BCUT2D eigenvalue weighted by molar-refractivity contribution is 5.98. The molecule has 1 heterocycles. The third-order valence-corrected chi connectivity index (χ3v) is 3.03. The van der Waals surface area contributed by atoms with Gasteiger partial charge in [0.1, 0.15) is 5.76 Å². The molecule has 7 heteroatoms. The van der Waals surface area contributed by atoms with Crippen molar-refractivity contribution >= 4 is 17.9 Å². The lowest BCUT2D eigenvalue weighted by atomic mass is 10.2. The summed E-state index contributed by atoms with van der Waals surface area (Å²) in [4.78, 5) is 23.8. The van der Waals surface area contributed by atoms with Crippen molar-refractivity contribution in [3.05, 3.63) is 54.0 Å². The SMILES string of the molecule is COc1cc(C(=O)NNC(=O)/C=C/c2ccco2)ccc1OC(C)C. The van der Waals surface area contributed by atoms with Crippen molar-refractivity contribution in [2.75, 3.05) is 7.11 Å². The van der Waals surface area contributed by atoms with Gasteiger partial charge in [0, 0.05) is 11.6 Å². The van der Waals surface area contributed by atoms with Crippen LogP contribution in [0, 0.1) is 0 Å². The van der Waals surface area contributed by atoms with Crippen molar-refractivity contribution in [3.8, 4) is 11.5 Å². The van der Waals surface area contributed by atoms with Crippen LogP contribution in [0.5, 0.6) is 11.5 Å². The molecule has 0 unspecified atom stereocenters. The van der Waals surface area contributed by atoms with Crippen molar-refractivity contribution in [2.24, 2.45) is 0 Å². The van der Waals surface area contributed by atoms with Gasteiger partial charge in [-0.1, -0.05) is 0 Å². The van der Waals surface area contributed by atoms with Gasteiger partial charge in [0.05, 0.1) is 19.5 Å². The number of amides is 2. The quantitative estimate of drug-likeness (QED) is 0.621. The van der Waals surface area contributed by atoms with E-state index in [0.29, 0.717) is 22.8 Å². The van der Waals surface area contributed by atoms with Gasteiger partial charge >= 0.3 is 0 Å². The van der Waals surface area contributed by atoms with Crippen LogP contribution in [0.1, 0.15) is 30.0 Å². The lowest BCUT2D eigenvalue weighted by Gasteiger charge is -2.14. The number of hydrazine groups is 1. The van der Waals surface area contributed by atoms with Gasteiger partial charge in [-0.3, -0.25) is 20.4 Å². The van der Waals surface area contributed by atoms with Crippen LogP contribution in [-0.2, 0) is 4.79 Å². The number of nitrogens with one attached hydrogen (secondary N) is 2. The summed E-state index contributed by atoms with van der Waals surface area (Å²) in [5, 5.41) is 0. The molecule has 1 aromatic heterocycles. The topological polar surface area (TPSA) is 89.8 Å². The number of furan rings is 1. The highest BCUT2D eigenvalue weighted by Gasteiger charge is 2.12. The molecule has 7 nitrogen and oxygen atoms in total. The molecule has 132 valence electrons. The van der Waals surface area contributed by atoms with E-state index in [1.807, 2.05) is 13.8 Å². The Bertz CT molecular complexity index is 751. The molecule has 2 N–H and O–H groups in total. The summed E-state index contributed by atoms with van der Waals surface area (Å²) in [5.74, 6) is 0.544. The average Bonchev–Trinajstić information content (AvgIpc) is 3.11. The number of hydrogen-bond acceptors (Lipinski definition) is 5. The van der Waals surface area contributed by atoms with Crippen molar-refractivity contribution in [2.45, 2.75) is 20.0 Å². The van der Waals surface area contributed by atoms with Crippen LogP contribution in [-0.4, -0.2) is 25.0 Å². The fourth-order valence-corrected chi connectivity index (χ4v) is 1.94. The predicted molar refractivity (Wildman–Crippen MR) is 92.1 cm³/mol. The minimum absolute atomic E-state index is 0.0196. The van der Waals surface area contributed by atoms with Crippen LogP contribution in [0.15, 0.2) is 47.1 Å². The Morgan fingerprint density at radius 3 is 2.60 bits per heavy atom. The van der Waals surface area contributed by atoms with Crippen molar-refractivity contribution in [1.82, 2.24) is 10.9 Å². The second-order valence-electron chi connectivity index (χ2n) is 5.32. The predicted octanol–water partition coefficient (Wildman–Crippen LogP) is 2.55. The summed E-state index contributed by atoms with van der Waals surface area (Å²) >= 11 is 0. The molecule has 0 atom stereocenters. The summed E-state index contributed by atoms with van der Waals surface area (Å²) in [6, 6.07) is 8.18. The fraction of sp³-hybridized carbons (Fsp3) is 0.222. The van der Waals surface area contributed by atoms with E-state index in [4.69, 9.17) is 13.9 Å². The molecule has 25 heavy (non-hydrogen) atoms. The van der Waals surface area contributed by atoms with Crippen LogP contribution in [0.4, 0.5) is 0 Å². The minimum atomic E-state index is -0.489. The first-order valence-electron chi connectivity index (χ1n) is 7.66. The molecule has 0 spiro atoms. The molecule has 2 amide bonds. The first-order valence-corrected chi connectivity index (χ1v) is 7.66. The van der Waals surface area contributed by atoms with Crippen molar-refractivity contribution in [1.29, 1.82) is 0 Å². The van der Waals surface area contributed by atoms with Crippen LogP contribution in [0.3, 0.4) is 0 Å². The third-order valence-electron chi connectivity index (χ3n) is 3.03. The Labute approximate surface area is 145 Å². The Morgan fingerprint density at radius 1 is 1.16 bits per heavy atom. The minimum Gasteiger partial charge on any atom is -0.493 e. The monoisotopic (exact) mass is 344 g/mol. The Morgan fingerprint density at radius 2 is 1.96 bits per heavy atom. The molecule has 0 fully saturated rings. The summed E-state index contributed by atoms with van der Waals surface area (Å²) < 4.78 is 15.9. The van der Waals surface area contributed by atoms with E-state index in [2.05, 4.69) is 10.9 Å². The maximum Gasteiger partial charge on any atom is 0.269 e. The highest BCUT2D eigenvalue weighted by Crippen LogP contribution is 2.28. The first-order chi connectivity index (χ1) is 12.0. The molecule has 0 radical (unpaired) electrons. The number of carbonyl (C=O) groups is 2. The van der Waals surface area contributed by atoms with E-state index in [1.165, 1.54) is 31.6 Å². The van der Waals surface area contributed by atoms with Gasteiger partial charge < -0.3 is 13.9 Å². The van der Waals surface area contributed by atoms with E-state index in [-0.39, 0.29) is 6.10 Å². The normalized spacial score (nSPS) is 10.7. The molecule has 0 aliphatic carbocycles. The summed E-state index contributed by atoms with van der Waals surface area (Å²) in [5.41, 5.74) is 4.93. The molecule has 0 saturated carbocycles. The average molecular weight is 344 g/mol. The van der Waals surface area contributed by atoms with E-state index in [9.17, 15) is 9.59 Å². The number of methoxy groups -OCH3 is 1. The van der Waals surface area contributed by atoms with Crippen LogP contribution in [0.25, 0.3) is 6.08 Å². The van der Waals surface area contributed by atoms with Crippen LogP contribution in [0.2, 0.25) is 0 Å². The number of hydrogen-bond donors (Lipinski definition) is 2. The number of ether oxygens (including phenoxy) is 2. The van der Waals surface area contributed by atoms with Gasteiger partial charge in [-0.15, -0.1) is 0 Å². The Hall–Kier alpha value is -3.22. The molecule has 0 aliphatic heterocycles. The summed E-state index contributed by atoms with van der Waals surface area (Å²) in [6.45, 7) is 3.79. The lowest BCUT2D eigenvalue weighted by molar-refractivity contribution is -0.117. The molecule has 0 saturated heterocycles. The Kier molecular flexibility index (Phi) is 6.22. The van der Waals surface area contributed by atoms with Gasteiger partial charge in [0.25, 0.3) is 11.8 Å². The van der Waals surface area contributed by atoms with E-state index < -0.39 is 11.8 Å². The second kappa shape index (κ2) is 8.58. The van der Waals surface area contributed by atoms with Crippen LogP contribution < -0.4 is 20.3 Å². The van der Waals surface area contributed by atoms with E-state index >= 15 is 0 Å². The number of benzene rings is 1. The fourth-order valence-electron chi connectivity index (χ4n) is 1.94. The van der Waals surface area contributed by atoms with Crippen molar-refractivity contribution < 1.29 is 23.5 Å². The standard InChI is InChI=1S/C18H20N2O5/c1-12(2)25-15-8-6-13(11-16(15)23-3)18(22)20-19-17(21)9-7-14-5-4-10-24-14/h4-12H,1-3H3,(H,19,21)(H,20,22)/b9-7+. The molecule has 2 rings (SSSR count). The highest BCUT2D eigenvalue weighted by atomic mass is 16.5. The zero-order valence-electron chi connectivity index (χ0n) is 14.2. The molecule has 1 aromatic carbocycles. The number of rotatable bonds is 6. The van der Waals surface area contributed by atoms with Gasteiger partial charge in [-0.25, -0.2) is 0 Å². The smallest absolute Gasteiger partial charge is 0.269 e. The van der Waals surface area contributed by atoms with E-state index in [1.54, 1.807) is 24.3 Å². The van der Waals surface area contributed by atoms with E-state index in [0.717, 1.165) is 0 Å².